The van der Waals surface area contributed by atoms with Gasteiger partial charge in [0, 0.05) is 54.2 Å². The molecule has 0 saturated carbocycles. The lowest BCUT2D eigenvalue weighted by molar-refractivity contribution is -0.144. The van der Waals surface area contributed by atoms with Crippen LogP contribution in [0.2, 0.25) is 0 Å². The summed E-state index contributed by atoms with van der Waals surface area (Å²) in [5, 5.41) is 0. The fraction of sp³-hybridized carbons (Fsp3) is 0.778. The number of epoxide rings is 3. The average molecular weight is 694 g/mol. The number of carbonyl (C=O) groups is 3. The average Bonchev–Trinajstić information content (AvgIpc) is 3.84. The maximum absolute atomic E-state index is 13.2. The molecule has 45 heavy (non-hydrogen) atoms. The van der Waals surface area contributed by atoms with Crippen molar-refractivity contribution in [3.8, 4) is 0 Å². The Morgan fingerprint density at radius 3 is 1.07 bits per heavy atom. The standard InChI is InChI=1S/C27H39N3O12S3/c31-22(37-7-10-43-16-19-13-40-19)1-4-28-25(34)29(5-2-23(32)38-8-11-44-17-20-14-41-20)27(36)30(26(28)35)6-3-24(33)39-9-12-45-18-21-15-42-21/h19-21H,1-18H2. The first-order chi connectivity index (χ1) is 21.8. The molecule has 0 radical (unpaired) electrons. The van der Waals surface area contributed by atoms with Gasteiger partial charge in [-0.2, -0.15) is 35.3 Å². The first-order valence-electron chi connectivity index (χ1n) is 14.8. The molecule has 0 aromatic carbocycles. The van der Waals surface area contributed by atoms with Gasteiger partial charge in [-0.3, -0.25) is 14.4 Å². The van der Waals surface area contributed by atoms with Crippen molar-refractivity contribution < 1.29 is 42.8 Å². The van der Waals surface area contributed by atoms with Crippen LogP contribution in [-0.2, 0) is 62.4 Å². The zero-order chi connectivity index (χ0) is 32.0. The SMILES string of the molecule is O=C(CCn1c(=O)n(CCC(=O)OCCSCC2CO2)c(=O)n(CCC(=O)OCCSCC2CO2)c1=O)OCCSCC1CO1. The molecule has 0 aliphatic carbocycles. The molecule has 3 aliphatic heterocycles. The molecule has 0 N–H and O–H groups in total. The van der Waals surface area contributed by atoms with Crippen LogP contribution in [0.3, 0.4) is 0 Å². The Morgan fingerprint density at radius 1 is 0.556 bits per heavy atom. The number of esters is 3. The molecule has 3 aliphatic rings. The van der Waals surface area contributed by atoms with Gasteiger partial charge in [0.1, 0.15) is 19.8 Å². The van der Waals surface area contributed by atoms with Gasteiger partial charge < -0.3 is 28.4 Å². The minimum absolute atomic E-state index is 0.165. The van der Waals surface area contributed by atoms with E-state index in [1.165, 1.54) is 0 Å². The molecule has 3 saturated heterocycles. The van der Waals surface area contributed by atoms with Crippen LogP contribution in [0.1, 0.15) is 19.3 Å². The van der Waals surface area contributed by atoms with Gasteiger partial charge in [-0.1, -0.05) is 0 Å². The van der Waals surface area contributed by atoms with Crippen molar-refractivity contribution in [2.24, 2.45) is 0 Å². The third-order valence-electron chi connectivity index (χ3n) is 6.59. The topological polar surface area (TPSA) is 182 Å². The quantitative estimate of drug-likeness (QED) is 0.0577. The molecular weight excluding hydrogens is 655 g/mol. The third-order valence-corrected chi connectivity index (χ3v) is 9.78. The van der Waals surface area contributed by atoms with Crippen molar-refractivity contribution in [3.05, 3.63) is 31.5 Å². The molecule has 1 aromatic heterocycles. The zero-order valence-corrected chi connectivity index (χ0v) is 27.4. The summed E-state index contributed by atoms with van der Waals surface area (Å²) in [6.45, 7) is 1.69. The number of nitrogens with zero attached hydrogens (tertiary/aromatic N) is 3. The van der Waals surface area contributed by atoms with Crippen molar-refractivity contribution in [1.29, 1.82) is 0 Å². The predicted molar refractivity (Wildman–Crippen MR) is 167 cm³/mol. The van der Waals surface area contributed by atoms with Crippen molar-refractivity contribution >= 4 is 53.2 Å². The number of ether oxygens (including phenoxy) is 6. The molecule has 3 fully saturated rings. The molecular formula is C27H39N3O12S3. The second kappa shape index (κ2) is 18.8. The van der Waals surface area contributed by atoms with E-state index in [0.29, 0.717) is 17.3 Å². The van der Waals surface area contributed by atoms with Gasteiger partial charge in [0.25, 0.3) is 0 Å². The summed E-state index contributed by atoms with van der Waals surface area (Å²) in [5.74, 6) is 2.36. The fourth-order valence-corrected chi connectivity index (χ4v) is 6.33. The van der Waals surface area contributed by atoms with Crippen molar-refractivity contribution in [2.45, 2.75) is 57.2 Å². The molecule has 3 unspecified atom stereocenters. The number of hydrogen-bond acceptors (Lipinski definition) is 15. The summed E-state index contributed by atoms with van der Waals surface area (Å²) < 4.78 is 33.2. The normalized spacial score (nSPS) is 19.6. The van der Waals surface area contributed by atoms with E-state index >= 15 is 0 Å². The van der Waals surface area contributed by atoms with Crippen LogP contribution in [0, 0.1) is 0 Å². The van der Waals surface area contributed by atoms with Crippen molar-refractivity contribution in [3.63, 3.8) is 0 Å². The van der Waals surface area contributed by atoms with E-state index in [2.05, 4.69) is 0 Å². The van der Waals surface area contributed by atoms with Crippen LogP contribution in [0.4, 0.5) is 0 Å². The Hall–Kier alpha value is -2.25. The molecule has 15 nitrogen and oxygen atoms in total. The van der Waals surface area contributed by atoms with Gasteiger partial charge in [-0.25, -0.2) is 28.1 Å². The first kappa shape index (κ1) is 35.6. The van der Waals surface area contributed by atoms with Crippen LogP contribution < -0.4 is 17.1 Å². The van der Waals surface area contributed by atoms with E-state index in [9.17, 15) is 28.8 Å². The van der Waals surface area contributed by atoms with Crippen LogP contribution in [0.15, 0.2) is 14.4 Å². The summed E-state index contributed by atoms with van der Waals surface area (Å²) in [6, 6.07) is 0. The Kier molecular flexibility index (Phi) is 14.9. The maximum Gasteiger partial charge on any atom is 0.336 e. The van der Waals surface area contributed by atoms with Crippen molar-refractivity contribution in [2.75, 3.05) is 74.2 Å². The molecule has 0 amide bonds. The van der Waals surface area contributed by atoms with Crippen LogP contribution >= 0.6 is 35.3 Å². The van der Waals surface area contributed by atoms with Gasteiger partial charge >= 0.3 is 35.0 Å². The number of hydrogen-bond donors (Lipinski definition) is 0. The Balaban J connectivity index is 1.32. The van der Waals surface area contributed by atoms with Gasteiger partial charge in [-0.15, -0.1) is 0 Å². The van der Waals surface area contributed by atoms with E-state index in [4.69, 9.17) is 28.4 Å². The molecule has 252 valence electrons. The minimum atomic E-state index is -0.971. The molecule has 18 heteroatoms. The maximum atomic E-state index is 13.2. The summed E-state index contributed by atoms with van der Waals surface area (Å²) >= 11 is 4.77. The first-order valence-corrected chi connectivity index (χ1v) is 18.3. The van der Waals surface area contributed by atoms with E-state index < -0.39 is 35.0 Å². The molecule has 0 spiro atoms. The summed E-state index contributed by atoms with van der Waals surface area (Å²) in [7, 11) is 0. The van der Waals surface area contributed by atoms with Gasteiger partial charge in [0.2, 0.25) is 0 Å². The Bertz CT molecular complexity index is 1130. The lowest BCUT2D eigenvalue weighted by Gasteiger charge is -2.14. The van der Waals surface area contributed by atoms with Gasteiger partial charge in [0.15, 0.2) is 0 Å². The highest BCUT2D eigenvalue weighted by molar-refractivity contribution is 7.99. The number of rotatable bonds is 24. The molecule has 3 atom stereocenters. The molecule has 0 bridgehead atoms. The number of carbonyl (C=O) groups excluding carboxylic acids is 3. The van der Waals surface area contributed by atoms with E-state index in [0.717, 1.165) is 50.8 Å². The predicted octanol–water partition coefficient (Wildman–Crippen LogP) is -0.632. The molecule has 4 heterocycles. The van der Waals surface area contributed by atoms with Crippen LogP contribution in [0.5, 0.6) is 0 Å². The lowest BCUT2D eigenvalue weighted by atomic mass is 10.4. The smallest absolute Gasteiger partial charge is 0.336 e. The Morgan fingerprint density at radius 2 is 0.822 bits per heavy atom. The summed E-state index contributed by atoms with van der Waals surface area (Å²) in [4.78, 5) is 76.5. The minimum Gasteiger partial charge on any atom is -0.465 e. The summed E-state index contributed by atoms with van der Waals surface area (Å²) in [5.41, 5.74) is -2.91. The van der Waals surface area contributed by atoms with Gasteiger partial charge in [0.05, 0.1) is 57.4 Å². The number of thioether (sulfide) groups is 3. The lowest BCUT2D eigenvalue weighted by Crippen LogP contribution is -2.55. The second-order valence-electron chi connectivity index (χ2n) is 10.3. The van der Waals surface area contributed by atoms with E-state index in [-0.39, 0.29) is 77.0 Å². The molecule has 1 aromatic rings. The molecule has 4 rings (SSSR count). The highest BCUT2D eigenvalue weighted by atomic mass is 32.2. The zero-order valence-electron chi connectivity index (χ0n) is 24.9. The van der Waals surface area contributed by atoms with Crippen LogP contribution in [0.25, 0.3) is 0 Å². The van der Waals surface area contributed by atoms with Gasteiger partial charge in [-0.05, 0) is 0 Å². The third kappa shape index (κ3) is 13.6. The highest BCUT2D eigenvalue weighted by Gasteiger charge is 2.23. The van der Waals surface area contributed by atoms with E-state index in [1.54, 1.807) is 35.3 Å². The van der Waals surface area contributed by atoms with Crippen molar-refractivity contribution in [1.82, 2.24) is 13.7 Å². The summed E-state index contributed by atoms with van der Waals surface area (Å²) in [6.07, 6.45) is -0.0885. The Labute approximate surface area is 271 Å². The monoisotopic (exact) mass is 693 g/mol. The largest absolute Gasteiger partial charge is 0.465 e. The van der Waals surface area contributed by atoms with Crippen LogP contribution in [-0.4, -0.2) is 124 Å². The highest BCUT2D eigenvalue weighted by Crippen LogP contribution is 2.17. The fourth-order valence-electron chi connectivity index (χ4n) is 3.86. The second-order valence-corrected chi connectivity index (χ2v) is 13.8. The van der Waals surface area contributed by atoms with E-state index in [1.807, 2.05) is 0 Å². The number of aromatic nitrogens is 3.